The third kappa shape index (κ3) is 8.07. The van der Waals surface area contributed by atoms with Crippen molar-refractivity contribution in [3.05, 3.63) is 96.0 Å². The van der Waals surface area contributed by atoms with Crippen molar-refractivity contribution in [1.82, 2.24) is 9.97 Å². The van der Waals surface area contributed by atoms with E-state index in [-0.39, 0.29) is 49.2 Å². The number of aromatic nitrogens is 2. The molecule has 5 nitrogen and oxygen atoms in total. The summed E-state index contributed by atoms with van der Waals surface area (Å²) in [6.45, 7) is 7.85. The molecule has 5 aromatic rings. The zero-order valence-electron chi connectivity index (χ0n) is 28.4. The molecule has 0 saturated carbocycles. The van der Waals surface area contributed by atoms with Crippen molar-refractivity contribution in [2.75, 3.05) is 0 Å². The van der Waals surface area contributed by atoms with Crippen LogP contribution in [0.5, 0.6) is 0 Å². The number of allylic oxidation sites excluding steroid dienone is 2. The molecule has 0 fully saturated rings. The molecule has 0 amide bonds. The second-order valence-electron chi connectivity index (χ2n) is 10.5. The van der Waals surface area contributed by atoms with Gasteiger partial charge in [-0.2, -0.15) is 0 Å². The van der Waals surface area contributed by atoms with Crippen molar-refractivity contribution in [2.45, 2.75) is 67.2 Å². The monoisotopic (exact) mass is 757 g/mol. The van der Waals surface area contributed by atoms with Gasteiger partial charge >= 0.3 is 0 Å². The molecule has 3 aromatic heterocycles. The van der Waals surface area contributed by atoms with Crippen LogP contribution in [-0.2, 0) is 24.9 Å². The van der Waals surface area contributed by atoms with Crippen molar-refractivity contribution in [3.8, 4) is 22.4 Å². The van der Waals surface area contributed by atoms with E-state index in [0.29, 0.717) is 11.3 Å². The van der Waals surface area contributed by atoms with Gasteiger partial charge in [0.05, 0.1) is 11.3 Å². The number of pyridine rings is 2. The van der Waals surface area contributed by atoms with Crippen molar-refractivity contribution in [2.24, 2.45) is 11.8 Å². The summed E-state index contributed by atoms with van der Waals surface area (Å²) >= 11 is 0. The second kappa shape index (κ2) is 15.7. The average molecular weight is 757 g/mol. The number of aliphatic hydroxyl groups excluding tert-OH is 1. The molecule has 43 heavy (non-hydrogen) atoms. The molecule has 0 spiro atoms. The molecule has 0 aliphatic heterocycles. The van der Waals surface area contributed by atoms with Gasteiger partial charge in [-0.25, -0.2) is 4.98 Å². The summed E-state index contributed by atoms with van der Waals surface area (Å²) in [5.74, 6) is 0.547. The van der Waals surface area contributed by atoms with E-state index in [2.05, 4.69) is 41.2 Å². The van der Waals surface area contributed by atoms with Gasteiger partial charge in [-0.3, -0.25) is 4.79 Å². The number of furan rings is 1. The minimum atomic E-state index is -2.29. The first-order valence-corrected chi connectivity index (χ1v) is 14.7. The fourth-order valence-corrected chi connectivity index (χ4v) is 5.16. The van der Waals surface area contributed by atoms with Crippen LogP contribution in [0.15, 0.2) is 83.1 Å². The molecule has 0 saturated heterocycles. The van der Waals surface area contributed by atoms with Gasteiger partial charge in [-0.05, 0) is 74.5 Å². The summed E-state index contributed by atoms with van der Waals surface area (Å²) in [5, 5.41) is 11.4. The molecule has 0 atom stereocenters. The molecular formula is C37H41IrN2O3-. The molecular weight excluding hydrogens is 713 g/mol. The number of ketones is 1. The van der Waals surface area contributed by atoms with Gasteiger partial charge in [-0.15, -0.1) is 18.2 Å². The van der Waals surface area contributed by atoms with Crippen LogP contribution in [-0.4, -0.2) is 20.9 Å². The average Bonchev–Trinajstić information content (AvgIpc) is 3.40. The third-order valence-electron chi connectivity index (χ3n) is 7.75. The minimum Gasteiger partial charge on any atom is -0.512 e. The summed E-state index contributed by atoms with van der Waals surface area (Å²) in [6.07, 6.45) is 6.68. The Balaban J connectivity index is 0.000000309. The largest absolute Gasteiger partial charge is 0.512 e. The van der Waals surface area contributed by atoms with Crippen LogP contribution in [0.25, 0.3) is 44.5 Å². The Morgan fingerprint density at radius 1 is 0.977 bits per heavy atom. The number of aryl methyl sites for hydroxylation is 2. The summed E-state index contributed by atoms with van der Waals surface area (Å²) in [6, 6.07) is 22.5. The van der Waals surface area contributed by atoms with E-state index in [0.717, 1.165) is 58.8 Å². The van der Waals surface area contributed by atoms with Gasteiger partial charge in [0.1, 0.15) is 0 Å². The molecule has 0 aliphatic rings. The standard InChI is InChI=1S/C24H17N2O.C13H24O2.Ir/c1-15-5-3-6-17(13-15)18-11-12-25-22(14-18)21-8-4-7-19-20-10-9-16(2)26-24(20)27-23(19)21;1-5-10(6-2)12(14)9-13(15)11(7-3)8-4;/h3-7,9-14H,1-2H3;9-11,14H,5-8H2,1-4H3;/q-1;;/b;12-9-;/i2D3;;. The van der Waals surface area contributed by atoms with Crippen molar-refractivity contribution < 1.29 is 38.5 Å². The predicted molar refractivity (Wildman–Crippen MR) is 172 cm³/mol. The van der Waals surface area contributed by atoms with E-state index in [4.69, 9.17) is 8.53 Å². The first kappa shape index (κ1) is 29.5. The minimum absolute atomic E-state index is 0. The maximum atomic E-state index is 11.7. The Labute approximate surface area is 273 Å². The normalized spacial score (nSPS) is 12.8. The van der Waals surface area contributed by atoms with Crippen LogP contribution in [0.1, 0.15) is 68.7 Å². The zero-order chi connectivity index (χ0) is 32.7. The Morgan fingerprint density at radius 2 is 1.70 bits per heavy atom. The SMILES string of the molecule is CCC(CC)C(=O)/C=C(\O)C(CC)CC.[2H]C([2H])([2H])c1ccc2c(n1)oc1c(-c3cc(-c4cccc(C)c4)ccn3)[c-]ccc12.[Ir]. The number of nitrogens with zero attached hydrogens (tertiary/aromatic N) is 2. The fourth-order valence-electron chi connectivity index (χ4n) is 5.16. The number of hydrogen-bond donors (Lipinski definition) is 1. The number of carbonyl (C=O) groups is 1. The first-order chi connectivity index (χ1) is 21.5. The molecule has 0 bridgehead atoms. The van der Waals surface area contributed by atoms with E-state index in [1.165, 1.54) is 17.7 Å². The Morgan fingerprint density at radius 3 is 2.37 bits per heavy atom. The molecule has 5 rings (SSSR count). The summed E-state index contributed by atoms with van der Waals surface area (Å²) in [4.78, 5) is 20.5. The molecule has 0 unspecified atom stereocenters. The first-order valence-electron chi connectivity index (χ1n) is 16.2. The van der Waals surface area contributed by atoms with Crippen molar-refractivity contribution >= 4 is 27.9 Å². The van der Waals surface area contributed by atoms with Crippen LogP contribution >= 0.6 is 0 Å². The maximum Gasteiger partial charge on any atom is 0.216 e. The predicted octanol–water partition coefficient (Wildman–Crippen LogP) is 9.99. The van der Waals surface area contributed by atoms with Crippen LogP contribution in [0.2, 0.25) is 0 Å². The summed E-state index contributed by atoms with van der Waals surface area (Å²) in [7, 11) is 0. The van der Waals surface area contributed by atoms with E-state index in [1.54, 1.807) is 12.3 Å². The maximum absolute atomic E-state index is 11.7. The zero-order valence-corrected chi connectivity index (χ0v) is 27.8. The van der Waals surface area contributed by atoms with Gasteiger partial charge in [0.15, 0.2) is 5.78 Å². The van der Waals surface area contributed by atoms with Crippen molar-refractivity contribution in [1.29, 1.82) is 0 Å². The van der Waals surface area contributed by atoms with E-state index >= 15 is 0 Å². The van der Waals surface area contributed by atoms with Crippen LogP contribution in [0.4, 0.5) is 0 Å². The van der Waals surface area contributed by atoms with Gasteiger partial charge < -0.3 is 14.5 Å². The number of aliphatic hydroxyl groups is 1. The molecule has 3 heterocycles. The number of rotatable bonds is 9. The number of hydrogen-bond acceptors (Lipinski definition) is 5. The molecule has 0 aliphatic carbocycles. The molecule has 227 valence electrons. The van der Waals surface area contributed by atoms with Crippen LogP contribution < -0.4 is 0 Å². The quantitative estimate of drug-likeness (QED) is 0.0921. The number of benzene rings is 2. The third-order valence-corrected chi connectivity index (χ3v) is 7.75. The Hall–Kier alpha value is -3.60. The Kier molecular flexibility index (Phi) is 10.8. The van der Waals surface area contributed by atoms with E-state index in [9.17, 15) is 9.90 Å². The molecule has 1 radical (unpaired) electrons. The summed E-state index contributed by atoms with van der Waals surface area (Å²) < 4.78 is 28.8. The van der Waals surface area contributed by atoms with Gasteiger partial charge in [0, 0.05) is 59.4 Å². The van der Waals surface area contributed by atoms with E-state index in [1.807, 2.05) is 58.0 Å². The van der Waals surface area contributed by atoms with Gasteiger partial charge in [0.2, 0.25) is 5.71 Å². The van der Waals surface area contributed by atoms with Crippen LogP contribution in [0, 0.1) is 31.7 Å². The topological polar surface area (TPSA) is 76.2 Å². The number of carbonyl (C=O) groups excluding carboxylic acids is 1. The smallest absolute Gasteiger partial charge is 0.216 e. The van der Waals surface area contributed by atoms with Crippen LogP contribution in [0.3, 0.4) is 0 Å². The summed E-state index contributed by atoms with van der Waals surface area (Å²) in [5.41, 5.74) is 5.70. The van der Waals surface area contributed by atoms with Gasteiger partial charge in [-0.1, -0.05) is 74.5 Å². The molecule has 6 heteroatoms. The van der Waals surface area contributed by atoms with E-state index < -0.39 is 6.85 Å². The second-order valence-corrected chi connectivity index (χ2v) is 10.5. The molecule has 2 aromatic carbocycles. The van der Waals surface area contributed by atoms with Gasteiger partial charge in [0.25, 0.3) is 0 Å². The number of fused-ring (bicyclic) bond motifs is 3. The Bertz CT molecular complexity index is 1810. The van der Waals surface area contributed by atoms with Crippen molar-refractivity contribution in [3.63, 3.8) is 0 Å². The fraction of sp³-hybridized carbons (Fsp3) is 0.324. The molecule has 1 N–H and O–H groups in total.